The van der Waals surface area contributed by atoms with Crippen molar-refractivity contribution in [2.75, 3.05) is 32.8 Å². The number of likely N-dealkylation sites (tertiary alicyclic amines) is 1. The number of fused-ring (bicyclic) bond motifs is 2. The van der Waals surface area contributed by atoms with Crippen LogP contribution < -0.4 is 0 Å². The van der Waals surface area contributed by atoms with E-state index in [-0.39, 0.29) is 44.8 Å². The van der Waals surface area contributed by atoms with E-state index in [1.165, 1.54) is 0 Å². The van der Waals surface area contributed by atoms with Gasteiger partial charge in [0.15, 0.2) is 0 Å². The molecule has 0 radical (unpaired) electrons. The Balaban J connectivity index is 2.25. The van der Waals surface area contributed by atoms with Crippen molar-refractivity contribution in [2.24, 2.45) is 17.3 Å². The summed E-state index contributed by atoms with van der Waals surface area (Å²) in [5.41, 5.74) is -0.214. The van der Waals surface area contributed by atoms with E-state index in [4.69, 9.17) is 9.47 Å². The highest BCUT2D eigenvalue weighted by molar-refractivity contribution is 5.92. The number of halogens is 3. The number of rotatable bonds is 14. The summed E-state index contributed by atoms with van der Waals surface area (Å²) in [7, 11) is 0. The summed E-state index contributed by atoms with van der Waals surface area (Å²) in [6.07, 6.45) is -2.13. The molecule has 1 aliphatic heterocycles. The van der Waals surface area contributed by atoms with Crippen molar-refractivity contribution < 1.29 is 42.1 Å². The first-order valence-corrected chi connectivity index (χ1v) is 15.3. The molecule has 1 amide bonds. The van der Waals surface area contributed by atoms with Gasteiger partial charge < -0.3 is 19.5 Å². The molecule has 240 valence electrons. The number of carbonyl (C=O) groups is 3. The first-order valence-electron chi connectivity index (χ1n) is 15.3. The number of amides is 1. The quantitative estimate of drug-likeness (QED) is 0.266. The third-order valence-corrected chi connectivity index (χ3v) is 8.62. The third kappa shape index (κ3) is 7.91. The number of nitrogens with zero attached hydrogens (tertiary/aromatic N) is 2. The van der Waals surface area contributed by atoms with Gasteiger partial charge >= 0.3 is 24.0 Å². The second kappa shape index (κ2) is 15.1. The number of benzene rings is 1. The molecule has 4 atom stereocenters. The number of carbonyl (C=O) groups excluding carboxylic acids is 3. The molecule has 2 aliphatic rings. The molecule has 3 rings (SSSR count). The first kappa shape index (κ1) is 34.4. The molecule has 1 N–H and O–H groups in total. The molecular weight excluding hydrogens is 565 g/mol. The predicted molar refractivity (Wildman–Crippen MR) is 155 cm³/mol. The van der Waals surface area contributed by atoms with Crippen molar-refractivity contribution in [3.8, 4) is 0 Å². The maximum Gasteiger partial charge on any atom is 0.471 e. The van der Waals surface area contributed by atoms with E-state index >= 15 is 0 Å². The molecule has 1 aromatic carbocycles. The van der Waals surface area contributed by atoms with E-state index in [0.29, 0.717) is 32.2 Å². The van der Waals surface area contributed by atoms with Crippen LogP contribution in [-0.4, -0.2) is 77.8 Å². The Bertz CT molecular complexity index is 1140. The van der Waals surface area contributed by atoms with Crippen molar-refractivity contribution in [3.63, 3.8) is 0 Å². The van der Waals surface area contributed by atoms with Gasteiger partial charge in [-0.3, -0.25) is 14.5 Å². The number of ether oxygens (including phenoxy) is 2. The predicted octanol–water partition coefficient (Wildman–Crippen LogP) is 5.81. The Morgan fingerprint density at radius 3 is 2.26 bits per heavy atom. The van der Waals surface area contributed by atoms with Crippen LogP contribution in [-0.2, 0) is 30.4 Å². The molecule has 1 aliphatic carbocycles. The molecule has 8 nitrogen and oxygen atoms in total. The minimum Gasteiger partial charge on any atom is -0.511 e. The van der Waals surface area contributed by atoms with Crippen LogP contribution in [0, 0.1) is 17.3 Å². The molecule has 1 heterocycles. The lowest BCUT2D eigenvalue weighted by atomic mass is 9.58. The number of alkyl halides is 3. The Morgan fingerprint density at radius 2 is 1.67 bits per heavy atom. The van der Waals surface area contributed by atoms with Crippen LogP contribution in [0.4, 0.5) is 13.2 Å². The molecule has 0 aromatic heterocycles. The van der Waals surface area contributed by atoms with E-state index in [1.807, 2.05) is 49.1 Å². The molecule has 2 bridgehead atoms. The summed E-state index contributed by atoms with van der Waals surface area (Å²) in [5.74, 6) is -5.78. The topological polar surface area (TPSA) is 96.4 Å². The minimum atomic E-state index is -5.07. The molecule has 43 heavy (non-hydrogen) atoms. The fourth-order valence-corrected chi connectivity index (χ4v) is 6.70. The SMILES string of the molecule is CCCCN(C[C@]1(CCCC)CN(Cc2ccccc2)[C@@H]2C[C@H]1C(C(=O)OCC)=C(O)C2C(=O)OCC)C(=O)C(F)(F)F. The van der Waals surface area contributed by atoms with Crippen molar-refractivity contribution in [1.82, 2.24) is 9.80 Å². The second-order valence-corrected chi connectivity index (χ2v) is 11.5. The number of aliphatic hydroxyl groups is 1. The largest absolute Gasteiger partial charge is 0.511 e. The van der Waals surface area contributed by atoms with Gasteiger partial charge in [0.25, 0.3) is 0 Å². The smallest absolute Gasteiger partial charge is 0.471 e. The Labute approximate surface area is 252 Å². The number of piperidine rings is 1. The first-order chi connectivity index (χ1) is 20.4. The lowest BCUT2D eigenvalue weighted by molar-refractivity contribution is -0.189. The lowest BCUT2D eigenvalue weighted by Crippen LogP contribution is -2.64. The van der Waals surface area contributed by atoms with Crippen LogP contribution in [0.25, 0.3) is 0 Å². The van der Waals surface area contributed by atoms with Crippen molar-refractivity contribution >= 4 is 17.8 Å². The molecule has 11 heteroatoms. The zero-order valence-corrected chi connectivity index (χ0v) is 25.6. The maximum atomic E-state index is 13.9. The number of unbranched alkanes of at least 4 members (excludes halogenated alkanes) is 2. The fraction of sp³-hybridized carbons (Fsp3) is 0.656. The normalized spacial score (nSPS) is 24.0. The number of aliphatic hydroxyl groups excluding tert-OH is 1. The van der Waals surface area contributed by atoms with Gasteiger partial charge in [-0.1, -0.05) is 63.4 Å². The van der Waals surface area contributed by atoms with Crippen LogP contribution in [0.15, 0.2) is 41.7 Å². The number of hydrogen-bond acceptors (Lipinski definition) is 7. The van der Waals surface area contributed by atoms with E-state index in [2.05, 4.69) is 0 Å². The molecule has 0 saturated carbocycles. The Hall–Kier alpha value is -3.08. The molecular formula is C32H45F3N2O6. The second-order valence-electron chi connectivity index (χ2n) is 11.5. The van der Waals surface area contributed by atoms with Crippen LogP contribution >= 0.6 is 0 Å². The Morgan fingerprint density at radius 1 is 1.02 bits per heavy atom. The van der Waals surface area contributed by atoms with Crippen molar-refractivity contribution in [3.05, 3.63) is 47.2 Å². The number of esters is 2. The van der Waals surface area contributed by atoms with Gasteiger partial charge in [-0.25, -0.2) is 4.79 Å². The van der Waals surface area contributed by atoms with Gasteiger partial charge in [-0.2, -0.15) is 13.2 Å². The van der Waals surface area contributed by atoms with Gasteiger partial charge in [-0.05, 0) is 38.7 Å². The average molecular weight is 611 g/mol. The average Bonchev–Trinajstić information content (AvgIpc) is 2.96. The summed E-state index contributed by atoms with van der Waals surface area (Å²) in [5, 5.41) is 11.7. The lowest BCUT2D eigenvalue weighted by Gasteiger charge is -2.57. The minimum absolute atomic E-state index is 0.00706. The molecule has 1 aromatic rings. The summed E-state index contributed by atoms with van der Waals surface area (Å²) < 4.78 is 52.3. The van der Waals surface area contributed by atoms with E-state index in [0.717, 1.165) is 16.9 Å². The van der Waals surface area contributed by atoms with Gasteiger partial charge in [0, 0.05) is 43.6 Å². The van der Waals surface area contributed by atoms with Gasteiger partial charge in [0.2, 0.25) is 0 Å². The number of hydrogen-bond donors (Lipinski definition) is 1. The Kier molecular flexibility index (Phi) is 12.1. The van der Waals surface area contributed by atoms with Gasteiger partial charge in [0.1, 0.15) is 11.7 Å². The van der Waals surface area contributed by atoms with Gasteiger partial charge in [-0.15, -0.1) is 0 Å². The zero-order valence-electron chi connectivity index (χ0n) is 25.6. The summed E-state index contributed by atoms with van der Waals surface area (Å²) in [6, 6.07) is 8.88. The summed E-state index contributed by atoms with van der Waals surface area (Å²) in [6.45, 7) is 7.36. The zero-order chi connectivity index (χ0) is 31.8. The molecule has 1 saturated heterocycles. The summed E-state index contributed by atoms with van der Waals surface area (Å²) in [4.78, 5) is 42.4. The van der Waals surface area contributed by atoms with Crippen LogP contribution in [0.1, 0.15) is 71.8 Å². The standard InChI is InChI=1S/C32H45F3N2O6/c1-5-9-16-31(20-36(17-10-6-2)30(41)32(33,34)35)21-37(19-22-14-12-11-13-15-22)24-18-23(31)25(28(39)42-7-3)27(38)26(24)29(40)43-8-4/h11-15,23-24,26,38H,5-10,16-21H2,1-4H3/t23-,24+,26?,31+/m0/s1. The van der Waals surface area contributed by atoms with E-state index < -0.39 is 53.1 Å². The van der Waals surface area contributed by atoms with E-state index in [9.17, 15) is 32.7 Å². The maximum absolute atomic E-state index is 13.9. The molecule has 1 unspecified atom stereocenters. The van der Waals surface area contributed by atoms with Crippen molar-refractivity contribution in [1.29, 1.82) is 0 Å². The third-order valence-electron chi connectivity index (χ3n) is 8.62. The highest BCUT2D eigenvalue weighted by Crippen LogP contribution is 2.53. The fourth-order valence-electron chi connectivity index (χ4n) is 6.70. The summed E-state index contributed by atoms with van der Waals surface area (Å²) >= 11 is 0. The van der Waals surface area contributed by atoms with Gasteiger partial charge in [0.05, 0.1) is 18.8 Å². The monoisotopic (exact) mass is 610 g/mol. The van der Waals surface area contributed by atoms with Crippen molar-refractivity contribution in [2.45, 2.75) is 85.0 Å². The highest BCUT2D eigenvalue weighted by Gasteiger charge is 2.59. The molecule has 0 spiro atoms. The van der Waals surface area contributed by atoms with E-state index in [1.54, 1.807) is 13.8 Å². The molecule has 1 fully saturated rings. The van der Waals surface area contributed by atoms with Crippen LogP contribution in [0.2, 0.25) is 0 Å². The van der Waals surface area contributed by atoms with Crippen LogP contribution in [0.5, 0.6) is 0 Å². The highest BCUT2D eigenvalue weighted by atomic mass is 19.4. The van der Waals surface area contributed by atoms with Crippen LogP contribution in [0.3, 0.4) is 0 Å².